The Labute approximate surface area is 217 Å². The molecule has 0 radical (unpaired) electrons. The predicted molar refractivity (Wildman–Crippen MR) is 141 cm³/mol. The molecule has 0 spiro atoms. The Hall–Kier alpha value is -4.08. The summed E-state index contributed by atoms with van der Waals surface area (Å²) in [6.07, 6.45) is 2.34. The van der Waals surface area contributed by atoms with Crippen LogP contribution >= 0.6 is 0 Å². The van der Waals surface area contributed by atoms with E-state index in [0.717, 1.165) is 17.5 Å². The first kappa shape index (κ1) is 27.5. The first-order valence-electron chi connectivity index (χ1n) is 12.6. The van der Waals surface area contributed by atoms with Crippen molar-refractivity contribution in [2.45, 2.75) is 50.8 Å². The number of hydrogen-bond acceptors (Lipinski definition) is 5. The summed E-state index contributed by atoms with van der Waals surface area (Å²) in [7, 11) is 0. The second-order valence-electron chi connectivity index (χ2n) is 8.94. The smallest absolute Gasteiger partial charge is 0.408 e. The van der Waals surface area contributed by atoms with E-state index >= 15 is 0 Å². The van der Waals surface area contributed by atoms with Gasteiger partial charge in [-0.05, 0) is 36.8 Å². The maximum absolute atomic E-state index is 13.6. The number of benzene rings is 2. The number of carbonyl (C=O) groups is 3. The minimum absolute atomic E-state index is 0.0479. The van der Waals surface area contributed by atoms with Crippen LogP contribution in [-0.2, 0) is 27.4 Å². The summed E-state index contributed by atoms with van der Waals surface area (Å²) in [5.74, 6) is -0.449. The van der Waals surface area contributed by atoms with Crippen molar-refractivity contribution in [3.63, 3.8) is 0 Å². The fourth-order valence-electron chi connectivity index (χ4n) is 4.23. The summed E-state index contributed by atoms with van der Waals surface area (Å²) in [6, 6.07) is 17.3. The third-order valence-electron chi connectivity index (χ3n) is 6.10. The molecule has 6 N–H and O–H groups in total. The first-order valence-corrected chi connectivity index (χ1v) is 12.6. The number of likely N-dealkylation sites (tertiary alicyclic amines) is 1. The third-order valence-corrected chi connectivity index (χ3v) is 6.10. The van der Waals surface area contributed by atoms with Crippen molar-refractivity contribution in [1.29, 1.82) is 0 Å². The summed E-state index contributed by atoms with van der Waals surface area (Å²) in [5, 5.41) is 5.64. The van der Waals surface area contributed by atoms with E-state index in [-0.39, 0.29) is 30.8 Å². The molecule has 0 unspecified atom stereocenters. The minimum atomic E-state index is -0.862. The monoisotopic (exact) mass is 508 g/mol. The maximum atomic E-state index is 13.6. The van der Waals surface area contributed by atoms with Crippen molar-refractivity contribution in [2.24, 2.45) is 16.5 Å². The van der Waals surface area contributed by atoms with Crippen molar-refractivity contribution < 1.29 is 19.1 Å². The van der Waals surface area contributed by atoms with Gasteiger partial charge in [-0.2, -0.15) is 0 Å². The molecule has 1 aliphatic heterocycles. The third kappa shape index (κ3) is 9.14. The van der Waals surface area contributed by atoms with E-state index in [1.165, 1.54) is 0 Å². The number of aliphatic imine (C=N–C) groups is 1. The summed E-state index contributed by atoms with van der Waals surface area (Å²) in [5.41, 5.74) is 12.4. The van der Waals surface area contributed by atoms with Crippen molar-refractivity contribution in [2.75, 3.05) is 19.6 Å². The number of rotatable bonds is 12. The molecular formula is C27H36N6O4. The van der Waals surface area contributed by atoms with Gasteiger partial charge in [0.25, 0.3) is 0 Å². The molecule has 0 saturated carbocycles. The molecule has 10 nitrogen and oxygen atoms in total. The van der Waals surface area contributed by atoms with Gasteiger partial charge in [0.15, 0.2) is 5.96 Å². The molecule has 3 amide bonds. The molecule has 198 valence electrons. The number of nitrogens with one attached hydrogen (secondary N) is 2. The lowest BCUT2D eigenvalue weighted by atomic mass is 10.0. The number of unbranched alkanes of at least 4 members (excludes halogenated alkanes) is 1. The molecule has 1 saturated heterocycles. The molecule has 0 aliphatic carbocycles. The average molecular weight is 509 g/mol. The van der Waals surface area contributed by atoms with Crippen molar-refractivity contribution in [3.8, 4) is 0 Å². The SMILES string of the molecule is NC(N)=NCCCCNC(=O)[C@@H]1CCCN1C(=O)[C@@H](Cc1ccccc1)NC(=O)OCc1ccccc1. The van der Waals surface area contributed by atoms with Crippen LogP contribution in [0.5, 0.6) is 0 Å². The van der Waals surface area contributed by atoms with Gasteiger partial charge >= 0.3 is 6.09 Å². The Kier molecular flexibility index (Phi) is 10.8. The van der Waals surface area contributed by atoms with Crippen LogP contribution in [0.1, 0.15) is 36.8 Å². The van der Waals surface area contributed by atoms with Crippen molar-refractivity contribution in [1.82, 2.24) is 15.5 Å². The first-order chi connectivity index (χ1) is 17.9. The summed E-state index contributed by atoms with van der Waals surface area (Å²) in [4.78, 5) is 44.6. The van der Waals surface area contributed by atoms with Crippen LogP contribution in [-0.4, -0.2) is 60.5 Å². The van der Waals surface area contributed by atoms with Crippen LogP contribution in [0.4, 0.5) is 4.79 Å². The lowest BCUT2D eigenvalue weighted by Crippen LogP contribution is -2.54. The van der Waals surface area contributed by atoms with Crippen LogP contribution in [0, 0.1) is 0 Å². The van der Waals surface area contributed by atoms with E-state index in [1.54, 1.807) is 4.90 Å². The highest BCUT2D eigenvalue weighted by Gasteiger charge is 2.37. The van der Waals surface area contributed by atoms with Crippen LogP contribution in [0.15, 0.2) is 65.7 Å². The normalized spacial score (nSPS) is 15.5. The Morgan fingerprint density at radius 2 is 1.68 bits per heavy atom. The van der Waals surface area contributed by atoms with Gasteiger partial charge in [-0.1, -0.05) is 60.7 Å². The number of ether oxygens (including phenoxy) is 1. The molecule has 37 heavy (non-hydrogen) atoms. The Bertz CT molecular complexity index is 1040. The van der Waals surface area contributed by atoms with E-state index in [1.807, 2.05) is 60.7 Å². The molecular weight excluding hydrogens is 472 g/mol. The number of nitrogens with two attached hydrogens (primary N) is 2. The van der Waals surface area contributed by atoms with Crippen molar-refractivity contribution >= 4 is 23.9 Å². The van der Waals surface area contributed by atoms with Gasteiger partial charge in [0.2, 0.25) is 11.8 Å². The molecule has 1 aliphatic rings. The van der Waals surface area contributed by atoms with E-state index < -0.39 is 18.2 Å². The quantitative estimate of drug-likeness (QED) is 0.194. The zero-order chi connectivity index (χ0) is 26.5. The molecule has 2 aromatic rings. The number of amides is 3. The van der Waals surface area contributed by atoms with Crippen molar-refractivity contribution in [3.05, 3.63) is 71.8 Å². The number of nitrogens with zero attached hydrogens (tertiary/aromatic N) is 2. The van der Waals surface area contributed by atoms with Gasteiger partial charge in [-0.25, -0.2) is 4.79 Å². The molecule has 0 aromatic heterocycles. The van der Waals surface area contributed by atoms with E-state index in [0.29, 0.717) is 38.9 Å². The highest BCUT2D eigenvalue weighted by atomic mass is 16.5. The van der Waals surface area contributed by atoms with E-state index in [9.17, 15) is 14.4 Å². The largest absolute Gasteiger partial charge is 0.445 e. The lowest BCUT2D eigenvalue weighted by Gasteiger charge is -2.28. The number of guanidine groups is 1. The molecule has 3 rings (SSSR count). The Balaban J connectivity index is 1.60. The fourth-order valence-corrected chi connectivity index (χ4v) is 4.23. The number of alkyl carbamates (subject to hydrolysis) is 1. The van der Waals surface area contributed by atoms with Gasteiger partial charge < -0.3 is 31.7 Å². The van der Waals surface area contributed by atoms with Gasteiger partial charge in [-0.3, -0.25) is 14.6 Å². The van der Waals surface area contributed by atoms with Gasteiger partial charge in [0, 0.05) is 26.1 Å². The van der Waals surface area contributed by atoms with Crippen LogP contribution in [0.25, 0.3) is 0 Å². The summed E-state index contributed by atoms with van der Waals surface area (Å²) >= 11 is 0. The Morgan fingerprint density at radius 1 is 1.00 bits per heavy atom. The van der Waals surface area contributed by atoms with Gasteiger partial charge in [-0.15, -0.1) is 0 Å². The molecule has 10 heteroatoms. The molecule has 0 bridgehead atoms. The van der Waals surface area contributed by atoms with Crippen LogP contribution in [0.2, 0.25) is 0 Å². The fraction of sp³-hybridized carbons (Fsp3) is 0.407. The standard InChI is InChI=1S/C27H36N6O4/c28-26(29)31-16-8-7-15-30-24(34)23-14-9-17-33(23)25(35)22(18-20-10-3-1-4-11-20)32-27(36)37-19-21-12-5-2-6-13-21/h1-6,10-13,22-23H,7-9,14-19H2,(H,30,34)(H,32,36)(H4,28,29,31)/t22-,23+/m1/s1. The van der Waals surface area contributed by atoms with Gasteiger partial charge in [0.1, 0.15) is 18.7 Å². The summed E-state index contributed by atoms with van der Waals surface area (Å²) < 4.78 is 5.36. The molecule has 2 atom stereocenters. The highest BCUT2D eigenvalue weighted by molar-refractivity contribution is 5.92. The highest BCUT2D eigenvalue weighted by Crippen LogP contribution is 2.20. The van der Waals surface area contributed by atoms with Crippen LogP contribution < -0.4 is 22.1 Å². The lowest BCUT2D eigenvalue weighted by molar-refractivity contribution is -0.139. The molecule has 1 fully saturated rings. The maximum Gasteiger partial charge on any atom is 0.408 e. The average Bonchev–Trinajstić information content (AvgIpc) is 3.40. The van der Waals surface area contributed by atoms with E-state index in [2.05, 4.69) is 15.6 Å². The second-order valence-corrected chi connectivity index (χ2v) is 8.94. The zero-order valence-corrected chi connectivity index (χ0v) is 21.0. The predicted octanol–water partition coefficient (Wildman–Crippen LogP) is 1.68. The minimum Gasteiger partial charge on any atom is -0.445 e. The Morgan fingerprint density at radius 3 is 2.35 bits per heavy atom. The number of hydrogen-bond donors (Lipinski definition) is 4. The van der Waals surface area contributed by atoms with Gasteiger partial charge in [0.05, 0.1) is 0 Å². The molecule has 2 aromatic carbocycles. The van der Waals surface area contributed by atoms with E-state index in [4.69, 9.17) is 16.2 Å². The topological polar surface area (TPSA) is 152 Å². The second kappa shape index (κ2) is 14.5. The molecule has 1 heterocycles. The summed E-state index contributed by atoms with van der Waals surface area (Å²) in [6.45, 7) is 1.51. The number of carbonyl (C=O) groups excluding carboxylic acids is 3. The zero-order valence-electron chi connectivity index (χ0n) is 21.0. The van der Waals surface area contributed by atoms with Crippen LogP contribution in [0.3, 0.4) is 0 Å².